The molecule has 2 nitrogen and oxygen atoms in total. The van der Waals surface area contributed by atoms with Crippen LogP contribution >= 0.6 is 0 Å². The third-order valence-electron chi connectivity index (χ3n) is 4.87. The van der Waals surface area contributed by atoms with Gasteiger partial charge >= 0.3 is 0 Å². The zero-order valence-electron chi connectivity index (χ0n) is 12.1. The van der Waals surface area contributed by atoms with Gasteiger partial charge in [-0.05, 0) is 75.3 Å². The third-order valence-corrected chi connectivity index (χ3v) is 4.87. The first-order valence-corrected chi connectivity index (χ1v) is 7.82. The van der Waals surface area contributed by atoms with Crippen LogP contribution in [0.15, 0.2) is 24.3 Å². The molecule has 1 aromatic rings. The molecule has 1 aromatic carbocycles. The molecule has 2 heteroatoms. The average molecular weight is 258 g/mol. The Morgan fingerprint density at radius 3 is 2.68 bits per heavy atom. The third kappa shape index (κ3) is 3.18. The molecule has 19 heavy (non-hydrogen) atoms. The first kappa shape index (κ1) is 13.1. The van der Waals surface area contributed by atoms with Crippen molar-refractivity contribution in [2.75, 3.05) is 33.2 Å². The van der Waals surface area contributed by atoms with E-state index < -0.39 is 0 Å². The first-order valence-electron chi connectivity index (χ1n) is 7.82. The second kappa shape index (κ2) is 6.06. The molecule has 2 atom stereocenters. The molecule has 0 amide bonds. The van der Waals surface area contributed by atoms with E-state index in [0.717, 1.165) is 18.4 Å². The van der Waals surface area contributed by atoms with E-state index in [9.17, 15) is 0 Å². The van der Waals surface area contributed by atoms with Crippen molar-refractivity contribution in [2.45, 2.75) is 37.5 Å². The molecule has 2 aliphatic heterocycles. The highest BCUT2D eigenvalue weighted by Gasteiger charge is 2.20. The lowest BCUT2D eigenvalue weighted by Gasteiger charge is -2.18. The number of rotatable bonds is 2. The summed E-state index contributed by atoms with van der Waals surface area (Å²) in [6, 6.07) is 9.44. The highest BCUT2D eigenvalue weighted by molar-refractivity contribution is 5.30. The van der Waals surface area contributed by atoms with Gasteiger partial charge in [-0.3, -0.25) is 0 Å². The van der Waals surface area contributed by atoms with Gasteiger partial charge in [0.05, 0.1) is 0 Å². The lowest BCUT2D eigenvalue weighted by Crippen LogP contribution is -2.18. The predicted molar refractivity (Wildman–Crippen MR) is 80.8 cm³/mol. The lowest BCUT2D eigenvalue weighted by atomic mass is 9.88. The molecule has 0 bridgehead atoms. The van der Waals surface area contributed by atoms with Crippen LogP contribution in [0.2, 0.25) is 0 Å². The molecule has 0 radical (unpaired) electrons. The van der Waals surface area contributed by atoms with Gasteiger partial charge in [-0.1, -0.05) is 24.3 Å². The summed E-state index contributed by atoms with van der Waals surface area (Å²) in [5, 5.41) is 3.48. The van der Waals surface area contributed by atoms with Gasteiger partial charge in [-0.15, -0.1) is 0 Å². The molecule has 3 rings (SSSR count). The maximum Gasteiger partial charge on any atom is 0.00206 e. The summed E-state index contributed by atoms with van der Waals surface area (Å²) >= 11 is 0. The Kier molecular flexibility index (Phi) is 4.19. The molecule has 1 N–H and O–H groups in total. The SMILES string of the molecule is CN1CCCC(c2cccc(C3CCNC3)c2)CC1. The normalized spacial score (nSPS) is 29.3. The maximum atomic E-state index is 3.48. The van der Waals surface area contributed by atoms with Crippen molar-refractivity contribution in [3.8, 4) is 0 Å². The van der Waals surface area contributed by atoms with Crippen LogP contribution in [0.5, 0.6) is 0 Å². The van der Waals surface area contributed by atoms with Crippen LogP contribution in [0.1, 0.15) is 48.6 Å². The summed E-state index contributed by atoms with van der Waals surface area (Å²) in [6.07, 6.45) is 5.33. The van der Waals surface area contributed by atoms with Crippen molar-refractivity contribution in [2.24, 2.45) is 0 Å². The van der Waals surface area contributed by atoms with Crippen molar-refractivity contribution in [3.63, 3.8) is 0 Å². The number of hydrogen-bond acceptors (Lipinski definition) is 2. The van der Waals surface area contributed by atoms with Crippen LogP contribution in [-0.4, -0.2) is 38.1 Å². The zero-order chi connectivity index (χ0) is 13.1. The van der Waals surface area contributed by atoms with E-state index in [-0.39, 0.29) is 0 Å². The maximum absolute atomic E-state index is 3.48. The Morgan fingerprint density at radius 1 is 1.05 bits per heavy atom. The number of nitrogens with one attached hydrogen (secondary N) is 1. The fourth-order valence-corrected chi connectivity index (χ4v) is 3.58. The summed E-state index contributed by atoms with van der Waals surface area (Å²) < 4.78 is 0. The number of nitrogens with zero attached hydrogens (tertiary/aromatic N) is 1. The minimum absolute atomic E-state index is 0.744. The fourth-order valence-electron chi connectivity index (χ4n) is 3.58. The lowest BCUT2D eigenvalue weighted by molar-refractivity contribution is 0.347. The molecule has 2 unspecified atom stereocenters. The van der Waals surface area contributed by atoms with Crippen LogP contribution in [0.4, 0.5) is 0 Å². The standard InChI is InChI=1S/C17H26N2/c1-19-10-3-6-14(8-11-19)15-4-2-5-16(12-15)17-7-9-18-13-17/h2,4-5,12,14,17-18H,3,6-11,13H2,1H3. The summed E-state index contributed by atoms with van der Waals surface area (Å²) in [6.45, 7) is 4.86. The van der Waals surface area contributed by atoms with Gasteiger partial charge in [-0.2, -0.15) is 0 Å². The minimum atomic E-state index is 0.744. The Balaban J connectivity index is 1.74. The Hall–Kier alpha value is -0.860. The topological polar surface area (TPSA) is 15.3 Å². The molecule has 2 aliphatic rings. The number of likely N-dealkylation sites (tertiary alicyclic amines) is 1. The van der Waals surface area contributed by atoms with Crippen LogP contribution in [0, 0.1) is 0 Å². The summed E-state index contributed by atoms with van der Waals surface area (Å²) in [5.74, 6) is 1.52. The number of benzene rings is 1. The molecular formula is C17H26N2. The largest absolute Gasteiger partial charge is 0.316 e. The van der Waals surface area contributed by atoms with Gasteiger partial charge in [0.2, 0.25) is 0 Å². The quantitative estimate of drug-likeness (QED) is 0.877. The summed E-state index contributed by atoms with van der Waals surface area (Å²) in [7, 11) is 2.25. The monoisotopic (exact) mass is 258 g/mol. The molecule has 2 saturated heterocycles. The van der Waals surface area contributed by atoms with Crippen LogP contribution in [-0.2, 0) is 0 Å². The molecular weight excluding hydrogens is 232 g/mol. The van der Waals surface area contributed by atoms with E-state index in [1.54, 1.807) is 11.1 Å². The van der Waals surface area contributed by atoms with E-state index in [1.165, 1.54) is 45.3 Å². The van der Waals surface area contributed by atoms with Crippen LogP contribution < -0.4 is 5.32 Å². The molecule has 0 aromatic heterocycles. The van der Waals surface area contributed by atoms with Gasteiger partial charge < -0.3 is 10.2 Å². The van der Waals surface area contributed by atoms with Crippen LogP contribution in [0.25, 0.3) is 0 Å². The fraction of sp³-hybridized carbons (Fsp3) is 0.647. The Labute approximate surface area is 117 Å². The van der Waals surface area contributed by atoms with Gasteiger partial charge in [0.25, 0.3) is 0 Å². The van der Waals surface area contributed by atoms with Crippen molar-refractivity contribution >= 4 is 0 Å². The van der Waals surface area contributed by atoms with E-state index in [0.29, 0.717) is 0 Å². The van der Waals surface area contributed by atoms with E-state index in [1.807, 2.05) is 0 Å². The van der Waals surface area contributed by atoms with Gasteiger partial charge in [0.1, 0.15) is 0 Å². The van der Waals surface area contributed by atoms with Gasteiger partial charge in [0.15, 0.2) is 0 Å². The molecule has 0 saturated carbocycles. The van der Waals surface area contributed by atoms with Crippen LogP contribution in [0.3, 0.4) is 0 Å². The van der Waals surface area contributed by atoms with E-state index in [2.05, 4.69) is 41.5 Å². The molecule has 2 fully saturated rings. The highest BCUT2D eigenvalue weighted by atomic mass is 15.1. The highest BCUT2D eigenvalue weighted by Crippen LogP contribution is 2.31. The summed E-state index contributed by atoms with van der Waals surface area (Å²) in [4.78, 5) is 2.48. The second-order valence-corrected chi connectivity index (χ2v) is 6.29. The molecule has 2 heterocycles. The number of hydrogen-bond donors (Lipinski definition) is 1. The average Bonchev–Trinajstić information content (AvgIpc) is 2.89. The van der Waals surface area contributed by atoms with Gasteiger partial charge in [0, 0.05) is 6.54 Å². The van der Waals surface area contributed by atoms with E-state index >= 15 is 0 Å². The predicted octanol–water partition coefficient (Wildman–Crippen LogP) is 2.96. The Morgan fingerprint density at radius 2 is 1.89 bits per heavy atom. The Bertz CT molecular complexity index is 409. The summed E-state index contributed by atoms with van der Waals surface area (Å²) in [5.41, 5.74) is 3.14. The van der Waals surface area contributed by atoms with Gasteiger partial charge in [-0.25, -0.2) is 0 Å². The molecule has 0 spiro atoms. The molecule has 0 aliphatic carbocycles. The zero-order valence-corrected chi connectivity index (χ0v) is 12.1. The first-order chi connectivity index (χ1) is 9.33. The molecule has 104 valence electrons. The van der Waals surface area contributed by atoms with Crippen molar-refractivity contribution in [3.05, 3.63) is 35.4 Å². The minimum Gasteiger partial charge on any atom is -0.316 e. The van der Waals surface area contributed by atoms with E-state index in [4.69, 9.17) is 0 Å². The van der Waals surface area contributed by atoms with Crippen molar-refractivity contribution < 1.29 is 0 Å². The second-order valence-electron chi connectivity index (χ2n) is 6.29. The van der Waals surface area contributed by atoms with Crippen molar-refractivity contribution in [1.82, 2.24) is 10.2 Å². The smallest absolute Gasteiger partial charge is 0.00206 e. The van der Waals surface area contributed by atoms with Crippen molar-refractivity contribution in [1.29, 1.82) is 0 Å².